The molecular weight excluding hydrogens is 374 g/mol. The van der Waals surface area contributed by atoms with Crippen LogP contribution in [0.3, 0.4) is 0 Å². The van der Waals surface area contributed by atoms with Gasteiger partial charge in [0.15, 0.2) is 0 Å². The Morgan fingerprint density at radius 2 is 1.86 bits per heavy atom. The van der Waals surface area contributed by atoms with Gasteiger partial charge in [-0.25, -0.2) is 8.42 Å². The third kappa shape index (κ3) is 4.00. The predicted molar refractivity (Wildman–Crippen MR) is 89.1 cm³/mol. The van der Waals surface area contributed by atoms with Gasteiger partial charge in [0.2, 0.25) is 0 Å². The quantitative estimate of drug-likeness (QED) is 0.770. The number of rotatable bonds is 5. The fourth-order valence-corrected chi connectivity index (χ4v) is 4.32. The van der Waals surface area contributed by atoms with Crippen molar-refractivity contribution in [3.8, 4) is 0 Å². The Morgan fingerprint density at radius 1 is 1.19 bits per heavy atom. The maximum atomic E-state index is 12.4. The molecule has 4 nitrogen and oxygen atoms in total. The van der Waals surface area contributed by atoms with Gasteiger partial charge in [-0.3, -0.25) is 4.72 Å². The molecule has 0 saturated heterocycles. The molecule has 0 fully saturated rings. The van der Waals surface area contributed by atoms with Gasteiger partial charge in [0.05, 0.1) is 6.61 Å². The number of benzene rings is 2. The minimum atomic E-state index is -3.67. The number of aliphatic hydroxyl groups excluding tert-OH is 1. The number of aliphatic hydroxyl groups is 1. The maximum Gasteiger partial charge on any atom is 0.263 e. The van der Waals surface area contributed by atoms with E-state index in [0.29, 0.717) is 15.7 Å². The molecular formula is C14H14BrNO3S2. The highest BCUT2D eigenvalue weighted by Gasteiger charge is 2.18. The number of thioether (sulfide) groups is 1. The summed E-state index contributed by atoms with van der Waals surface area (Å²) in [5.41, 5.74) is 1.15. The van der Waals surface area contributed by atoms with Crippen LogP contribution < -0.4 is 4.72 Å². The van der Waals surface area contributed by atoms with E-state index in [2.05, 4.69) is 20.7 Å². The van der Waals surface area contributed by atoms with Crippen LogP contribution in [0.4, 0.5) is 5.69 Å². The van der Waals surface area contributed by atoms with Crippen LogP contribution >= 0.6 is 27.7 Å². The van der Waals surface area contributed by atoms with Crippen molar-refractivity contribution in [3.63, 3.8) is 0 Å². The molecule has 0 spiro atoms. The topological polar surface area (TPSA) is 66.4 Å². The maximum absolute atomic E-state index is 12.4. The average molecular weight is 388 g/mol. The molecule has 0 bridgehead atoms. The van der Waals surface area contributed by atoms with Gasteiger partial charge in [0.25, 0.3) is 10.0 Å². The molecule has 0 aliphatic rings. The van der Waals surface area contributed by atoms with Crippen LogP contribution in [0.5, 0.6) is 0 Å². The second-order valence-electron chi connectivity index (χ2n) is 4.26. The molecule has 2 N–H and O–H groups in total. The summed E-state index contributed by atoms with van der Waals surface area (Å²) < 4.78 is 27.7. The monoisotopic (exact) mass is 387 g/mol. The number of sulfonamides is 1. The molecule has 21 heavy (non-hydrogen) atoms. The summed E-state index contributed by atoms with van der Waals surface area (Å²) in [5.74, 6) is 0. The molecule has 0 aliphatic carbocycles. The van der Waals surface area contributed by atoms with Crippen LogP contribution in [0.2, 0.25) is 0 Å². The van der Waals surface area contributed by atoms with E-state index in [1.807, 2.05) is 18.4 Å². The van der Waals surface area contributed by atoms with Gasteiger partial charge in [-0.2, -0.15) is 0 Å². The van der Waals surface area contributed by atoms with Crippen LogP contribution in [0, 0.1) is 0 Å². The molecule has 0 saturated carbocycles. The molecule has 0 unspecified atom stereocenters. The number of hydrogen-bond acceptors (Lipinski definition) is 4. The zero-order valence-corrected chi connectivity index (χ0v) is 14.4. The molecule has 7 heteroatoms. The van der Waals surface area contributed by atoms with E-state index >= 15 is 0 Å². The third-order valence-corrected chi connectivity index (χ3v) is 5.91. The molecule has 2 rings (SSSR count). The van der Waals surface area contributed by atoms with Crippen molar-refractivity contribution in [1.82, 2.24) is 0 Å². The van der Waals surface area contributed by atoms with Crippen molar-refractivity contribution in [2.75, 3.05) is 11.0 Å². The normalized spacial score (nSPS) is 11.4. The van der Waals surface area contributed by atoms with Crippen molar-refractivity contribution in [3.05, 3.63) is 52.5 Å². The van der Waals surface area contributed by atoms with E-state index in [4.69, 9.17) is 5.11 Å². The predicted octanol–water partition coefficient (Wildman–Crippen LogP) is 3.46. The molecule has 2 aromatic carbocycles. The molecule has 112 valence electrons. The van der Waals surface area contributed by atoms with Crippen LogP contribution in [-0.2, 0) is 16.6 Å². The Balaban J connectivity index is 2.29. The largest absolute Gasteiger partial charge is 0.392 e. The first kappa shape index (κ1) is 16.4. The van der Waals surface area contributed by atoms with Crippen molar-refractivity contribution >= 4 is 43.4 Å². The Kier molecular flexibility index (Phi) is 5.32. The number of nitrogens with one attached hydrogen (secondary N) is 1. The average Bonchev–Trinajstić information content (AvgIpc) is 2.47. The van der Waals surface area contributed by atoms with Gasteiger partial charge in [-0.15, -0.1) is 11.8 Å². The smallest absolute Gasteiger partial charge is 0.263 e. The lowest BCUT2D eigenvalue weighted by atomic mass is 10.2. The van der Waals surface area contributed by atoms with Gasteiger partial charge in [-0.1, -0.05) is 6.07 Å². The summed E-state index contributed by atoms with van der Waals surface area (Å²) in [6.07, 6.45) is 1.96. The lowest BCUT2D eigenvalue weighted by Gasteiger charge is -2.10. The minimum absolute atomic E-state index is 0.133. The van der Waals surface area contributed by atoms with Gasteiger partial charge < -0.3 is 5.11 Å². The molecule has 0 amide bonds. The highest BCUT2D eigenvalue weighted by molar-refractivity contribution is 9.10. The van der Waals surface area contributed by atoms with Crippen molar-refractivity contribution in [1.29, 1.82) is 0 Å². The molecule has 0 aliphatic heterocycles. The van der Waals surface area contributed by atoms with Crippen LogP contribution in [0.15, 0.2) is 56.7 Å². The second-order valence-corrected chi connectivity index (χ2v) is 7.64. The van der Waals surface area contributed by atoms with Crippen molar-refractivity contribution < 1.29 is 13.5 Å². The van der Waals surface area contributed by atoms with E-state index < -0.39 is 10.0 Å². The van der Waals surface area contributed by atoms with Crippen LogP contribution in [-0.4, -0.2) is 19.8 Å². The van der Waals surface area contributed by atoms with Crippen molar-refractivity contribution in [2.45, 2.75) is 16.4 Å². The molecule has 0 radical (unpaired) electrons. The van der Waals surface area contributed by atoms with E-state index in [0.717, 1.165) is 4.90 Å². The summed E-state index contributed by atoms with van der Waals surface area (Å²) in [6.45, 7) is -0.136. The van der Waals surface area contributed by atoms with Gasteiger partial charge in [0, 0.05) is 15.1 Å². The molecule has 0 heterocycles. The van der Waals surface area contributed by atoms with E-state index in [1.54, 1.807) is 36.0 Å². The summed E-state index contributed by atoms with van der Waals surface area (Å²) in [4.78, 5) is 1.19. The van der Waals surface area contributed by atoms with Gasteiger partial charge in [-0.05, 0) is 64.1 Å². The lowest BCUT2D eigenvalue weighted by molar-refractivity contribution is 0.281. The minimum Gasteiger partial charge on any atom is -0.392 e. The standard InChI is InChI=1S/C14H14BrNO3S2/c1-20-12-5-3-11(4-6-12)16-21(18,19)14-7-2-10(9-17)8-13(14)15/h2-8,16-17H,9H2,1H3. The van der Waals surface area contributed by atoms with Crippen molar-refractivity contribution in [2.24, 2.45) is 0 Å². The first-order valence-corrected chi connectivity index (χ1v) is 9.52. The van der Waals surface area contributed by atoms with Gasteiger partial charge in [0.1, 0.15) is 4.90 Å². The number of anilines is 1. The first-order chi connectivity index (χ1) is 9.96. The van der Waals surface area contributed by atoms with Crippen LogP contribution in [0.25, 0.3) is 0 Å². The lowest BCUT2D eigenvalue weighted by Crippen LogP contribution is -2.13. The number of halogens is 1. The van der Waals surface area contributed by atoms with E-state index in [-0.39, 0.29) is 11.5 Å². The fourth-order valence-electron chi connectivity index (χ4n) is 1.73. The summed E-state index contributed by atoms with van der Waals surface area (Å²) in [7, 11) is -3.67. The molecule has 2 aromatic rings. The zero-order valence-electron chi connectivity index (χ0n) is 11.2. The second kappa shape index (κ2) is 6.83. The van der Waals surface area contributed by atoms with E-state index in [1.165, 1.54) is 6.07 Å². The third-order valence-electron chi connectivity index (χ3n) is 2.81. The highest BCUT2D eigenvalue weighted by Crippen LogP contribution is 2.26. The number of hydrogen-bond donors (Lipinski definition) is 2. The summed E-state index contributed by atoms with van der Waals surface area (Å²) >= 11 is 4.82. The Morgan fingerprint density at radius 3 is 2.38 bits per heavy atom. The Labute approximate surface area is 136 Å². The molecule has 0 atom stereocenters. The highest BCUT2D eigenvalue weighted by atomic mass is 79.9. The summed E-state index contributed by atoms with van der Waals surface area (Å²) in [6, 6.07) is 11.8. The Hall–Kier alpha value is -1.02. The Bertz CT molecular complexity index is 730. The van der Waals surface area contributed by atoms with Crippen LogP contribution in [0.1, 0.15) is 5.56 Å². The fraction of sp³-hybridized carbons (Fsp3) is 0.143. The SMILES string of the molecule is CSc1ccc(NS(=O)(=O)c2ccc(CO)cc2Br)cc1. The first-order valence-electron chi connectivity index (χ1n) is 6.02. The van der Waals surface area contributed by atoms with Gasteiger partial charge >= 0.3 is 0 Å². The summed E-state index contributed by atoms with van der Waals surface area (Å²) in [5, 5.41) is 9.05. The van der Waals surface area contributed by atoms with E-state index in [9.17, 15) is 8.42 Å². The zero-order chi connectivity index (χ0) is 15.5. The molecule has 0 aromatic heterocycles.